The highest BCUT2D eigenvalue weighted by Crippen LogP contribution is 2.31. The van der Waals surface area contributed by atoms with Crippen molar-refractivity contribution in [1.82, 2.24) is 14.9 Å². The summed E-state index contributed by atoms with van der Waals surface area (Å²) in [5.74, 6) is 0.603. The van der Waals surface area contributed by atoms with E-state index in [2.05, 4.69) is 32.1 Å². The summed E-state index contributed by atoms with van der Waals surface area (Å²) in [6, 6.07) is 18.3. The number of nitrogens with one attached hydrogen (secondary N) is 2. The van der Waals surface area contributed by atoms with E-state index in [1.54, 1.807) is 18.3 Å². The summed E-state index contributed by atoms with van der Waals surface area (Å²) in [6.45, 7) is 3.95. The number of benzene rings is 2. The molecule has 7 heteroatoms. The second-order valence-electron chi connectivity index (χ2n) is 8.77. The van der Waals surface area contributed by atoms with Crippen LogP contribution in [0.5, 0.6) is 0 Å². The van der Waals surface area contributed by atoms with Crippen LogP contribution < -0.4 is 10.2 Å². The Morgan fingerprint density at radius 3 is 2.53 bits per heavy atom. The van der Waals surface area contributed by atoms with Crippen LogP contribution in [-0.4, -0.2) is 54.0 Å². The highest BCUT2D eigenvalue weighted by Gasteiger charge is 2.16. The van der Waals surface area contributed by atoms with Gasteiger partial charge < -0.3 is 20.1 Å². The maximum atomic E-state index is 13.4. The summed E-state index contributed by atoms with van der Waals surface area (Å²) in [4.78, 5) is 25.3. The molecule has 34 heavy (non-hydrogen) atoms. The molecular formula is C27H28FN5O. The van der Waals surface area contributed by atoms with Crippen LogP contribution in [-0.2, 0) is 11.2 Å². The molecule has 0 bridgehead atoms. The van der Waals surface area contributed by atoms with E-state index in [0.29, 0.717) is 18.5 Å². The molecule has 1 aliphatic rings. The molecule has 1 amide bonds. The van der Waals surface area contributed by atoms with Crippen LogP contribution >= 0.6 is 0 Å². The Balaban J connectivity index is 1.27. The number of H-pyrrole nitrogens is 1. The fourth-order valence-electron chi connectivity index (χ4n) is 4.47. The van der Waals surface area contributed by atoms with E-state index in [1.807, 2.05) is 36.4 Å². The normalized spacial score (nSPS) is 14.5. The van der Waals surface area contributed by atoms with E-state index in [4.69, 9.17) is 0 Å². The van der Waals surface area contributed by atoms with Gasteiger partial charge >= 0.3 is 0 Å². The number of pyridine rings is 1. The van der Waals surface area contributed by atoms with Crippen molar-refractivity contribution in [3.8, 4) is 11.3 Å². The van der Waals surface area contributed by atoms with Gasteiger partial charge in [-0.3, -0.25) is 4.79 Å². The lowest BCUT2D eigenvalue weighted by molar-refractivity contribution is -0.116. The zero-order valence-electron chi connectivity index (χ0n) is 19.2. The third-order valence-electron chi connectivity index (χ3n) is 6.41. The van der Waals surface area contributed by atoms with Crippen molar-refractivity contribution in [3.63, 3.8) is 0 Å². The summed E-state index contributed by atoms with van der Waals surface area (Å²) in [7, 11) is 2.13. The van der Waals surface area contributed by atoms with Crippen LogP contribution in [0.15, 0.2) is 66.9 Å². The number of aryl methyl sites for hydroxylation is 1. The number of aromatic nitrogens is 2. The largest absolute Gasteiger partial charge is 0.354 e. The van der Waals surface area contributed by atoms with Crippen molar-refractivity contribution in [3.05, 3.63) is 78.2 Å². The van der Waals surface area contributed by atoms with Crippen LogP contribution in [0, 0.1) is 5.82 Å². The quantitative estimate of drug-likeness (QED) is 0.441. The molecule has 2 aromatic heterocycles. The first-order valence-electron chi connectivity index (χ1n) is 11.6. The highest BCUT2D eigenvalue weighted by atomic mass is 19.1. The summed E-state index contributed by atoms with van der Waals surface area (Å²) in [5, 5.41) is 4.05. The average molecular weight is 458 g/mol. The smallest absolute Gasteiger partial charge is 0.224 e. The van der Waals surface area contributed by atoms with Gasteiger partial charge in [0.1, 0.15) is 11.6 Å². The van der Waals surface area contributed by atoms with Crippen molar-refractivity contribution >= 4 is 28.3 Å². The highest BCUT2D eigenvalue weighted by molar-refractivity contribution is 5.93. The molecule has 0 aliphatic carbocycles. The summed E-state index contributed by atoms with van der Waals surface area (Å²) in [5.41, 5.74) is 4.58. The second-order valence-corrected chi connectivity index (χ2v) is 8.77. The standard InChI is InChI=1S/C27H28FN5O/c1-32-14-16-33(17-15-32)25-12-10-21(18-29-25)30-26(34)13-11-23-22-4-2-3-5-24(22)31-27(23)19-6-8-20(28)9-7-19/h2-10,12,18,31H,11,13-17H2,1H3,(H,30,34). The molecule has 5 rings (SSSR count). The van der Waals surface area contributed by atoms with E-state index in [0.717, 1.165) is 59.7 Å². The van der Waals surface area contributed by atoms with Gasteiger partial charge in [-0.25, -0.2) is 9.37 Å². The van der Waals surface area contributed by atoms with Gasteiger partial charge in [0.25, 0.3) is 0 Å². The number of rotatable bonds is 6. The lowest BCUT2D eigenvalue weighted by Gasteiger charge is -2.33. The zero-order chi connectivity index (χ0) is 23.5. The summed E-state index contributed by atoms with van der Waals surface area (Å²) >= 11 is 0. The monoisotopic (exact) mass is 457 g/mol. The Bertz CT molecular complexity index is 1270. The maximum absolute atomic E-state index is 13.4. The molecule has 174 valence electrons. The third-order valence-corrected chi connectivity index (χ3v) is 6.41. The van der Waals surface area contributed by atoms with Crippen molar-refractivity contribution in [2.24, 2.45) is 0 Å². The number of hydrogen-bond acceptors (Lipinski definition) is 4. The number of hydrogen-bond donors (Lipinski definition) is 2. The lowest BCUT2D eigenvalue weighted by Crippen LogP contribution is -2.44. The molecule has 2 N–H and O–H groups in total. The van der Waals surface area contributed by atoms with Crippen LogP contribution in [0.2, 0.25) is 0 Å². The summed E-state index contributed by atoms with van der Waals surface area (Å²) in [6.07, 6.45) is 2.62. The number of likely N-dealkylation sites (N-methyl/N-ethyl adjacent to an activating group) is 1. The van der Waals surface area contributed by atoms with Gasteiger partial charge in [0.05, 0.1) is 11.9 Å². The number of anilines is 2. The van der Waals surface area contributed by atoms with Gasteiger partial charge in [0, 0.05) is 49.2 Å². The number of aromatic amines is 1. The first-order chi connectivity index (χ1) is 16.6. The van der Waals surface area contributed by atoms with E-state index >= 15 is 0 Å². The number of halogens is 1. The minimum Gasteiger partial charge on any atom is -0.354 e. The van der Waals surface area contributed by atoms with Gasteiger partial charge in [0.2, 0.25) is 5.91 Å². The fraction of sp³-hybridized carbons (Fsp3) is 0.259. The van der Waals surface area contributed by atoms with E-state index in [1.165, 1.54) is 12.1 Å². The number of para-hydroxylation sites is 1. The SMILES string of the molecule is CN1CCN(c2ccc(NC(=O)CCc3c(-c4ccc(F)cc4)[nH]c4ccccc34)cn2)CC1. The van der Waals surface area contributed by atoms with Crippen molar-refractivity contribution in [2.75, 3.05) is 43.4 Å². The van der Waals surface area contributed by atoms with Gasteiger partial charge in [-0.05, 0) is 67.1 Å². The first-order valence-corrected chi connectivity index (χ1v) is 11.6. The lowest BCUT2D eigenvalue weighted by atomic mass is 10.0. The molecule has 0 spiro atoms. The number of amides is 1. The van der Waals surface area contributed by atoms with Crippen LogP contribution in [0.1, 0.15) is 12.0 Å². The van der Waals surface area contributed by atoms with E-state index in [9.17, 15) is 9.18 Å². The average Bonchev–Trinajstić information content (AvgIpc) is 3.23. The molecule has 0 unspecified atom stereocenters. The Labute approximate surface area is 198 Å². The molecule has 1 saturated heterocycles. The molecule has 6 nitrogen and oxygen atoms in total. The Hall–Kier alpha value is -3.71. The van der Waals surface area contributed by atoms with Gasteiger partial charge in [-0.2, -0.15) is 0 Å². The molecule has 2 aromatic carbocycles. The topological polar surface area (TPSA) is 64.3 Å². The molecule has 3 heterocycles. The van der Waals surface area contributed by atoms with Crippen LogP contribution in [0.3, 0.4) is 0 Å². The molecule has 0 saturated carbocycles. The zero-order valence-corrected chi connectivity index (χ0v) is 19.2. The predicted octanol–water partition coefficient (Wildman–Crippen LogP) is 4.69. The molecule has 0 radical (unpaired) electrons. The third kappa shape index (κ3) is 4.79. The van der Waals surface area contributed by atoms with Crippen molar-refractivity contribution in [2.45, 2.75) is 12.8 Å². The van der Waals surface area contributed by atoms with Gasteiger partial charge in [0.15, 0.2) is 0 Å². The molecule has 0 atom stereocenters. The first kappa shape index (κ1) is 22.1. The minimum atomic E-state index is -0.270. The van der Waals surface area contributed by atoms with E-state index in [-0.39, 0.29) is 11.7 Å². The minimum absolute atomic E-state index is 0.0653. The van der Waals surface area contributed by atoms with Crippen LogP contribution in [0.4, 0.5) is 15.9 Å². The number of fused-ring (bicyclic) bond motifs is 1. The molecule has 1 fully saturated rings. The number of nitrogens with zero attached hydrogens (tertiary/aromatic N) is 3. The molecular weight excluding hydrogens is 429 g/mol. The van der Waals surface area contributed by atoms with Crippen molar-refractivity contribution < 1.29 is 9.18 Å². The van der Waals surface area contributed by atoms with Gasteiger partial charge in [-0.1, -0.05) is 18.2 Å². The Morgan fingerprint density at radius 2 is 1.79 bits per heavy atom. The number of piperazine rings is 1. The number of carbonyl (C=O) groups is 1. The van der Waals surface area contributed by atoms with E-state index < -0.39 is 0 Å². The molecule has 4 aromatic rings. The maximum Gasteiger partial charge on any atom is 0.224 e. The molecule has 1 aliphatic heterocycles. The number of carbonyl (C=O) groups excluding carboxylic acids is 1. The predicted molar refractivity (Wildman–Crippen MR) is 135 cm³/mol. The fourth-order valence-corrected chi connectivity index (χ4v) is 4.47. The van der Waals surface area contributed by atoms with Crippen molar-refractivity contribution in [1.29, 1.82) is 0 Å². The Kier molecular flexibility index (Phi) is 6.27. The second kappa shape index (κ2) is 9.65. The van der Waals surface area contributed by atoms with Crippen LogP contribution in [0.25, 0.3) is 22.2 Å². The Morgan fingerprint density at radius 1 is 1.03 bits per heavy atom. The van der Waals surface area contributed by atoms with Gasteiger partial charge in [-0.15, -0.1) is 0 Å². The summed E-state index contributed by atoms with van der Waals surface area (Å²) < 4.78 is 13.4.